The van der Waals surface area contributed by atoms with Gasteiger partial charge in [-0.1, -0.05) is 12.8 Å². The Kier molecular flexibility index (Phi) is 9.50. The lowest BCUT2D eigenvalue weighted by Crippen LogP contribution is -2.42. The van der Waals surface area contributed by atoms with E-state index >= 15 is 0 Å². The molecule has 0 aromatic carbocycles. The minimum atomic E-state index is -0.111. The van der Waals surface area contributed by atoms with Crippen molar-refractivity contribution in [3.63, 3.8) is 0 Å². The minimum Gasteiger partial charge on any atom is -0.356 e. The summed E-state index contributed by atoms with van der Waals surface area (Å²) in [6.45, 7) is 5.68. The molecule has 0 saturated carbocycles. The highest BCUT2D eigenvalue weighted by Gasteiger charge is 2.08. The standard InChI is InChI=1S/C19H32N6O/c1-20-19(23-10-7-15-25-13-4-2-3-5-14-25)24-12-11-22-18(26)17-8-6-9-21-16-17/h6,8-9,16H,2-5,7,10-15H2,1H3,(H,22,26)(H2,20,23,24). The number of carbonyl (C=O) groups is 1. The summed E-state index contributed by atoms with van der Waals surface area (Å²) in [4.78, 5) is 22.7. The van der Waals surface area contributed by atoms with E-state index in [9.17, 15) is 4.79 Å². The molecule has 0 atom stereocenters. The van der Waals surface area contributed by atoms with Crippen LogP contribution in [0, 0.1) is 0 Å². The lowest BCUT2D eigenvalue weighted by atomic mass is 10.2. The van der Waals surface area contributed by atoms with Crippen molar-refractivity contribution >= 4 is 11.9 Å². The summed E-state index contributed by atoms with van der Waals surface area (Å²) in [6, 6.07) is 3.51. The molecule has 1 aromatic heterocycles. The lowest BCUT2D eigenvalue weighted by molar-refractivity contribution is 0.0954. The Balaban J connectivity index is 1.54. The van der Waals surface area contributed by atoms with Crippen LogP contribution in [0.4, 0.5) is 0 Å². The molecule has 7 nitrogen and oxygen atoms in total. The number of amides is 1. The van der Waals surface area contributed by atoms with Gasteiger partial charge in [0.15, 0.2) is 5.96 Å². The number of rotatable bonds is 8. The van der Waals surface area contributed by atoms with E-state index in [1.54, 1.807) is 31.6 Å². The third kappa shape index (κ3) is 7.82. The van der Waals surface area contributed by atoms with Crippen LogP contribution in [-0.4, -0.2) is 68.1 Å². The first-order valence-electron chi connectivity index (χ1n) is 9.64. The molecule has 1 saturated heterocycles. The van der Waals surface area contributed by atoms with Gasteiger partial charge in [-0.25, -0.2) is 0 Å². The molecule has 3 N–H and O–H groups in total. The Morgan fingerprint density at radius 2 is 1.85 bits per heavy atom. The maximum atomic E-state index is 11.9. The summed E-state index contributed by atoms with van der Waals surface area (Å²) >= 11 is 0. The fourth-order valence-electron chi connectivity index (χ4n) is 3.05. The molecule has 1 aromatic rings. The van der Waals surface area contributed by atoms with E-state index in [2.05, 4.69) is 30.8 Å². The van der Waals surface area contributed by atoms with Gasteiger partial charge in [0.1, 0.15) is 0 Å². The summed E-state index contributed by atoms with van der Waals surface area (Å²) in [5.41, 5.74) is 0.573. The van der Waals surface area contributed by atoms with Gasteiger partial charge in [0.2, 0.25) is 0 Å². The number of guanidine groups is 1. The molecule has 1 aliphatic rings. The normalized spacial score (nSPS) is 16.0. The molecule has 0 spiro atoms. The fraction of sp³-hybridized carbons (Fsp3) is 0.632. The highest BCUT2D eigenvalue weighted by atomic mass is 16.1. The molecule has 0 bridgehead atoms. The Bertz CT molecular complexity index is 540. The number of hydrogen-bond donors (Lipinski definition) is 3. The number of pyridine rings is 1. The number of nitrogens with one attached hydrogen (secondary N) is 3. The van der Waals surface area contributed by atoms with E-state index in [4.69, 9.17) is 0 Å². The van der Waals surface area contributed by atoms with Crippen molar-refractivity contribution in [2.24, 2.45) is 4.99 Å². The predicted molar refractivity (Wildman–Crippen MR) is 105 cm³/mol. The summed E-state index contributed by atoms with van der Waals surface area (Å²) in [7, 11) is 1.76. The van der Waals surface area contributed by atoms with Gasteiger partial charge in [0.05, 0.1) is 5.56 Å². The lowest BCUT2D eigenvalue weighted by Gasteiger charge is -2.20. The quantitative estimate of drug-likeness (QED) is 0.369. The maximum Gasteiger partial charge on any atom is 0.252 e. The van der Waals surface area contributed by atoms with E-state index < -0.39 is 0 Å². The largest absolute Gasteiger partial charge is 0.356 e. The Morgan fingerprint density at radius 1 is 1.12 bits per heavy atom. The third-order valence-electron chi connectivity index (χ3n) is 4.49. The first kappa shape index (κ1) is 20.2. The summed E-state index contributed by atoms with van der Waals surface area (Å²) in [5, 5.41) is 9.42. The van der Waals surface area contributed by atoms with Crippen LogP contribution in [0.5, 0.6) is 0 Å². The van der Waals surface area contributed by atoms with Gasteiger partial charge < -0.3 is 20.9 Å². The van der Waals surface area contributed by atoms with Crippen molar-refractivity contribution in [1.29, 1.82) is 0 Å². The molecule has 1 fully saturated rings. The van der Waals surface area contributed by atoms with Gasteiger partial charge in [-0.15, -0.1) is 0 Å². The van der Waals surface area contributed by atoms with E-state index in [1.165, 1.54) is 38.8 Å². The average molecular weight is 361 g/mol. The van der Waals surface area contributed by atoms with Crippen molar-refractivity contribution in [3.05, 3.63) is 30.1 Å². The molecular weight excluding hydrogens is 328 g/mol. The van der Waals surface area contributed by atoms with Crippen molar-refractivity contribution in [3.8, 4) is 0 Å². The van der Waals surface area contributed by atoms with E-state index in [1.807, 2.05) is 0 Å². The topological polar surface area (TPSA) is 81.7 Å². The number of aromatic nitrogens is 1. The highest BCUT2D eigenvalue weighted by molar-refractivity contribution is 5.93. The summed E-state index contributed by atoms with van der Waals surface area (Å²) < 4.78 is 0. The highest BCUT2D eigenvalue weighted by Crippen LogP contribution is 2.09. The van der Waals surface area contributed by atoms with Gasteiger partial charge in [-0.05, 0) is 51.0 Å². The molecule has 0 unspecified atom stereocenters. The monoisotopic (exact) mass is 360 g/mol. The van der Waals surface area contributed by atoms with Crippen LogP contribution in [0.2, 0.25) is 0 Å². The third-order valence-corrected chi connectivity index (χ3v) is 4.49. The summed E-state index contributed by atoms with van der Waals surface area (Å²) in [6.07, 6.45) is 9.75. The molecule has 2 rings (SSSR count). The second kappa shape index (κ2) is 12.2. The molecule has 0 radical (unpaired) electrons. The van der Waals surface area contributed by atoms with Gasteiger partial charge in [-0.3, -0.25) is 14.8 Å². The molecular formula is C19H32N6O. The zero-order chi connectivity index (χ0) is 18.5. The van der Waals surface area contributed by atoms with Crippen molar-refractivity contribution in [2.75, 3.05) is 46.3 Å². The minimum absolute atomic E-state index is 0.111. The van der Waals surface area contributed by atoms with E-state index in [0.717, 1.165) is 25.5 Å². The van der Waals surface area contributed by atoms with Gasteiger partial charge in [0, 0.05) is 39.1 Å². The van der Waals surface area contributed by atoms with Crippen LogP contribution in [0.1, 0.15) is 42.5 Å². The van der Waals surface area contributed by atoms with Crippen molar-refractivity contribution in [1.82, 2.24) is 25.8 Å². The van der Waals surface area contributed by atoms with Gasteiger partial charge in [-0.2, -0.15) is 0 Å². The molecule has 1 aliphatic heterocycles. The Labute approximate surface area is 156 Å². The number of aliphatic imine (C=N–C) groups is 1. The second-order valence-corrected chi connectivity index (χ2v) is 6.53. The first-order valence-corrected chi connectivity index (χ1v) is 9.64. The molecule has 1 amide bonds. The van der Waals surface area contributed by atoms with Gasteiger partial charge >= 0.3 is 0 Å². The van der Waals surface area contributed by atoms with Crippen LogP contribution < -0.4 is 16.0 Å². The van der Waals surface area contributed by atoms with Crippen LogP contribution in [-0.2, 0) is 0 Å². The van der Waals surface area contributed by atoms with E-state index in [-0.39, 0.29) is 5.91 Å². The smallest absolute Gasteiger partial charge is 0.252 e. The molecule has 2 heterocycles. The number of hydrogen-bond acceptors (Lipinski definition) is 4. The second-order valence-electron chi connectivity index (χ2n) is 6.53. The first-order chi connectivity index (χ1) is 12.8. The van der Waals surface area contributed by atoms with Crippen LogP contribution in [0.25, 0.3) is 0 Å². The van der Waals surface area contributed by atoms with Crippen LogP contribution in [0.3, 0.4) is 0 Å². The molecule has 26 heavy (non-hydrogen) atoms. The summed E-state index contributed by atoms with van der Waals surface area (Å²) in [5.74, 6) is 0.664. The fourth-order valence-corrected chi connectivity index (χ4v) is 3.05. The SMILES string of the molecule is CN=C(NCCCN1CCCCCC1)NCCNC(=O)c1cccnc1. The van der Waals surface area contributed by atoms with E-state index in [0.29, 0.717) is 18.7 Å². The van der Waals surface area contributed by atoms with Crippen LogP contribution >= 0.6 is 0 Å². The Hall–Kier alpha value is -2.15. The maximum absolute atomic E-state index is 11.9. The zero-order valence-electron chi connectivity index (χ0n) is 15.8. The average Bonchev–Trinajstić information content (AvgIpc) is 2.96. The predicted octanol–water partition coefficient (Wildman–Crippen LogP) is 1.24. The molecule has 0 aliphatic carbocycles. The van der Waals surface area contributed by atoms with Crippen molar-refractivity contribution in [2.45, 2.75) is 32.1 Å². The number of nitrogens with zero attached hydrogens (tertiary/aromatic N) is 3. The Morgan fingerprint density at radius 3 is 2.54 bits per heavy atom. The van der Waals surface area contributed by atoms with Crippen molar-refractivity contribution < 1.29 is 4.79 Å². The molecule has 7 heteroatoms. The van der Waals surface area contributed by atoms with Gasteiger partial charge in [0.25, 0.3) is 5.91 Å². The number of likely N-dealkylation sites (tertiary alicyclic amines) is 1. The van der Waals surface area contributed by atoms with Crippen LogP contribution in [0.15, 0.2) is 29.5 Å². The number of carbonyl (C=O) groups excluding carboxylic acids is 1. The molecule has 144 valence electrons. The zero-order valence-corrected chi connectivity index (χ0v) is 15.8.